The summed E-state index contributed by atoms with van der Waals surface area (Å²) >= 11 is 4.13. The Balaban J connectivity index is 0.000000188. The zero-order chi connectivity index (χ0) is 18.7. The third-order valence-electron chi connectivity index (χ3n) is 3.51. The van der Waals surface area contributed by atoms with Crippen LogP contribution in [0.15, 0.2) is 77.7 Å². The lowest BCUT2D eigenvalue weighted by molar-refractivity contribution is 0.414. The molecular formula is C23H28OS. The average molecular weight is 353 g/mol. The van der Waals surface area contributed by atoms with E-state index in [0.717, 1.165) is 10.6 Å². The van der Waals surface area contributed by atoms with Crippen LogP contribution >= 0.6 is 12.6 Å². The summed E-state index contributed by atoms with van der Waals surface area (Å²) in [6, 6.07) is 24.5. The average Bonchev–Trinajstić information content (AvgIpc) is 2.62. The number of hydrogen-bond donors (Lipinski definition) is 1. The van der Waals surface area contributed by atoms with E-state index in [9.17, 15) is 0 Å². The molecule has 0 aromatic heterocycles. The standard InChI is InChI=1S/C8H10O.C8H10.C7H8S/c1-7-3-5-8(9-2)6-4-7;1-7-3-5-8(2)6-4-7;1-6-2-4-7(8)5-3-6/h3-6H,1-2H3;3-6H,1-2H3;2-5,8H,1H3. The second-order valence-corrected chi connectivity index (χ2v) is 6.52. The zero-order valence-corrected chi connectivity index (χ0v) is 16.7. The molecule has 0 saturated heterocycles. The van der Waals surface area contributed by atoms with Gasteiger partial charge in [-0.05, 0) is 52.0 Å². The van der Waals surface area contributed by atoms with E-state index in [-0.39, 0.29) is 0 Å². The van der Waals surface area contributed by atoms with Gasteiger partial charge < -0.3 is 4.74 Å². The molecule has 0 aliphatic carbocycles. The molecule has 0 atom stereocenters. The molecule has 0 unspecified atom stereocenters. The summed E-state index contributed by atoms with van der Waals surface area (Å²) in [4.78, 5) is 1.02. The van der Waals surface area contributed by atoms with Gasteiger partial charge in [0.1, 0.15) is 5.75 Å². The molecule has 0 aliphatic rings. The van der Waals surface area contributed by atoms with Gasteiger partial charge in [0.05, 0.1) is 7.11 Å². The molecular weight excluding hydrogens is 324 g/mol. The molecule has 2 heteroatoms. The third-order valence-corrected chi connectivity index (χ3v) is 3.81. The van der Waals surface area contributed by atoms with E-state index in [2.05, 4.69) is 64.6 Å². The lowest BCUT2D eigenvalue weighted by Gasteiger charge is -1.97. The Kier molecular flexibility index (Phi) is 9.49. The van der Waals surface area contributed by atoms with Crippen molar-refractivity contribution >= 4 is 12.6 Å². The van der Waals surface area contributed by atoms with Crippen LogP contribution in [0, 0.1) is 27.7 Å². The highest BCUT2D eigenvalue weighted by atomic mass is 32.1. The molecule has 25 heavy (non-hydrogen) atoms. The fourth-order valence-electron chi connectivity index (χ4n) is 1.86. The van der Waals surface area contributed by atoms with Crippen LogP contribution in [0.4, 0.5) is 0 Å². The summed E-state index contributed by atoms with van der Waals surface area (Å²) in [5.74, 6) is 0.917. The number of rotatable bonds is 1. The van der Waals surface area contributed by atoms with Gasteiger partial charge in [0.2, 0.25) is 0 Å². The molecule has 0 spiro atoms. The van der Waals surface area contributed by atoms with Crippen LogP contribution < -0.4 is 4.74 Å². The minimum absolute atomic E-state index is 0.917. The van der Waals surface area contributed by atoms with Crippen molar-refractivity contribution < 1.29 is 4.74 Å². The molecule has 132 valence electrons. The van der Waals surface area contributed by atoms with Crippen LogP contribution in [0.5, 0.6) is 5.75 Å². The fraction of sp³-hybridized carbons (Fsp3) is 0.217. The predicted octanol–water partition coefficient (Wildman–Crippen LogP) is 6.59. The lowest BCUT2D eigenvalue weighted by atomic mass is 10.2. The van der Waals surface area contributed by atoms with Gasteiger partial charge in [-0.3, -0.25) is 0 Å². The van der Waals surface area contributed by atoms with E-state index in [1.807, 2.05) is 48.5 Å². The Morgan fingerprint density at radius 3 is 1.08 bits per heavy atom. The Hall–Kier alpha value is -2.19. The summed E-state index contributed by atoms with van der Waals surface area (Å²) in [6.45, 7) is 8.31. The van der Waals surface area contributed by atoms with Crippen molar-refractivity contribution in [2.45, 2.75) is 32.6 Å². The van der Waals surface area contributed by atoms with E-state index < -0.39 is 0 Å². The first-order chi connectivity index (χ1) is 11.9. The van der Waals surface area contributed by atoms with E-state index in [0.29, 0.717) is 0 Å². The largest absolute Gasteiger partial charge is 0.497 e. The number of methoxy groups -OCH3 is 1. The summed E-state index contributed by atoms with van der Waals surface area (Å²) in [6.07, 6.45) is 0. The molecule has 0 N–H and O–H groups in total. The fourth-order valence-corrected chi connectivity index (χ4v) is 2.01. The molecule has 0 saturated carbocycles. The van der Waals surface area contributed by atoms with Gasteiger partial charge in [-0.1, -0.05) is 70.8 Å². The van der Waals surface area contributed by atoms with Gasteiger partial charge in [-0.15, -0.1) is 12.6 Å². The van der Waals surface area contributed by atoms with Crippen LogP contribution in [-0.4, -0.2) is 7.11 Å². The first-order valence-corrected chi connectivity index (χ1v) is 8.75. The minimum atomic E-state index is 0.917. The van der Waals surface area contributed by atoms with Crippen molar-refractivity contribution in [1.29, 1.82) is 0 Å². The van der Waals surface area contributed by atoms with Crippen molar-refractivity contribution in [3.8, 4) is 5.75 Å². The zero-order valence-electron chi connectivity index (χ0n) is 15.8. The Morgan fingerprint density at radius 2 is 0.800 bits per heavy atom. The second kappa shape index (κ2) is 11.4. The van der Waals surface area contributed by atoms with E-state index in [4.69, 9.17) is 4.74 Å². The van der Waals surface area contributed by atoms with E-state index in [1.165, 1.54) is 22.3 Å². The molecule has 0 aliphatic heterocycles. The molecule has 3 aromatic carbocycles. The van der Waals surface area contributed by atoms with Gasteiger partial charge in [0.15, 0.2) is 0 Å². The van der Waals surface area contributed by atoms with Gasteiger partial charge in [-0.2, -0.15) is 0 Å². The third kappa shape index (κ3) is 9.63. The summed E-state index contributed by atoms with van der Waals surface area (Å²) in [5, 5.41) is 0. The van der Waals surface area contributed by atoms with Crippen molar-refractivity contribution in [3.05, 3.63) is 95.1 Å². The Morgan fingerprint density at radius 1 is 0.520 bits per heavy atom. The van der Waals surface area contributed by atoms with Gasteiger partial charge in [-0.25, -0.2) is 0 Å². The first kappa shape index (κ1) is 20.9. The monoisotopic (exact) mass is 352 g/mol. The van der Waals surface area contributed by atoms with Gasteiger partial charge in [0.25, 0.3) is 0 Å². The van der Waals surface area contributed by atoms with E-state index in [1.54, 1.807) is 7.11 Å². The number of benzene rings is 3. The first-order valence-electron chi connectivity index (χ1n) is 8.30. The molecule has 0 fully saturated rings. The highest BCUT2D eigenvalue weighted by Gasteiger charge is 1.85. The van der Waals surface area contributed by atoms with E-state index >= 15 is 0 Å². The molecule has 0 bridgehead atoms. The molecule has 3 rings (SSSR count). The number of aryl methyl sites for hydroxylation is 4. The lowest BCUT2D eigenvalue weighted by Crippen LogP contribution is -1.80. The number of hydrogen-bond acceptors (Lipinski definition) is 2. The number of ether oxygens (including phenoxy) is 1. The summed E-state index contributed by atoms with van der Waals surface area (Å²) in [5.41, 5.74) is 5.20. The highest BCUT2D eigenvalue weighted by Crippen LogP contribution is 2.09. The topological polar surface area (TPSA) is 9.23 Å². The Labute approximate surface area is 158 Å². The highest BCUT2D eigenvalue weighted by molar-refractivity contribution is 7.80. The van der Waals surface area contributed by atoms with Gasteiger partial charge in [0, 0.05) is 4.90 Å². The smallest absolute Gasteiger partial charge is 0.118 e. The normalized spacial score (nSPS) is 9.20. The van der Waals surface area contributed by atoms with Crippen molar-refractivity contribution in [2.75, 3.05) is 7.11 Å². The van der Waals surface area contributed by atoms with Crippen LogP contribution in [-0.2, 0) is 0 Å². The molecule has 1 nitrogen and oxygen atoms in total. The van der Waals surface area contributed by atoms with Crippen LogP contribution in [0.3, 0.4) is 0 Å². The molecule has 0 amide bonds. The molecule has 3 aromatic rings. The van der Waals surface area contributed by atoms with Crippen molar-refractivity contribution in [3.63, 3.8) is 0 Å². The maximum atomic E-state index is 4.97. The summed E-state index contributed by atoms with van der Waals surface area (Å²) < 4.78 is 4.97. The number of thiol groups is 1. The minimum Gasteiger partial charge on any atom is -0.497 e. The maximum absolute atomic E-state index is 4.97. The summed E-state index contributed by atoms with van der Waals surface area (Å²) in [7, 11) is 1.67. The van der Waals surface area contributed by atoms with Crippen LogP contribution in [0.25, 0.3) is 0 Å². The van der Waals surface area contributed by atoms with Crippen molar-refractivity contribution in [1.82, 2.24) is 0 Å². The molecule has 0 heterocycles. The molecule has 0 radical (unpaired) electrons. The van der Waals surface area contributed by atoms with Crippen LogP contribution in [0.1, 0.15) is 22.3 Å². The second-order valence-electron chi connectivity index (χ2n) is 6.01. The van der Waals surface area contributed by atoms with Crippen LogP contribution in [0.2, 0.25) is 0 Å². The quantitative estimate of drug-likeness (QED) is 0.486. The predicted molar refractivity (Wildman–Crippen MR) is 112 cm³/mol. The van der Waals surface area contributed by atoms with Gasteiger partial charge >= 0.3 is 0 Å². The maximum Gasteiger partial charge on any atom is 0.118 e. The Bertz CT molecular complexity index is 628. The van der Waals surface area contributed by atoms with Crippen molar-refractivity contribution in [2.24, 2.45) is 0 Å². The SMILES string of the molecule is COc1ccc(C)cc1.Cc1ccc(C)cc1.Cc1ccc(S)cc1.